The summed E-state index contributed by atoms with van der Waals surface area (Å²) in [5, 5.41) is 10.7. The zero-order chi connectivity index (χ0) is 24.2. The number of rotatable bonds is 8. The van der Waals surface area contributed by atoms with E-state index < -0.39 is 0 Å². The van der Waals surface area contributed by atoms with Gasteiger partial charge in [0, 0.05) is 41.7 Å². The fraction of sp³-hybridized carbons (Fsp3) is 0.407. The van der Waals surface area contributed by atoms with Crippen LogP contribution in [0, 0.1) is 5.92 Å². The van der Waals surface area contributed by atoms with Gasteiger partial charge in [-0.1, -0.05) is 64.9 Å². The summed E-state index contributed by atoms with van der Waals surface area (Å²) >= 11 is 5.14. The van der Waals surface area contributed by atoms with Crippen LogP contribution in [0.15, 0.2) is 58.2 Å². The second-order valence-electron chi connectivity index (χ2n) is 9.37. The van der Waals surface area contributed by atoms with Gasteiger partial charge in [0.2, 0.25) is 11.1 Å². The molecule has 0 atom stereocenters. The van der Waals surface area contributed by atoms with Crippen molar-refractivity contribution in [3.8, 4) is 0 Å². The number of carbonyl (C=O) groups is 1. The second-order valence-corrected chi connectivity index (χ2v) is 11.3. The van der Waals surface area contributed by atoms with Gasteiger partial charge in [-0.25, -0.2) is 4.98 Å². The first-order chi connectivity index (χ1) is 17.1. The van der Waals surface area contributed by atoms with E-state index in [1.807, 2.05) is 17.0 Å². The van der Waals surface area contributed by atoms with E-state index in [2.05, 4.69) is 74.0 Å². The van der Waals surface area contributed by atoms with Crippen LogP contribution in [0.2, 0.25) is 0 Å². The number of aromatic nitrogens is 4. The number of unbranched alkanes of at least 4 members (excludes halogenated alkanes) is 1. The van der Waals surface area contributed by atoms with Gasteiger partial charge in [-0.05, 0) is 55.4 Å². The Morgan fingerprint density at radius 2 is 1.83 bits per heavy atom. The third-order valence-electron chi connectivity index (χ3n) is 6.76. The zero-order valence-corrected chi connectivity index (χ0v) is 22.4. The highest BCUT2D eigenvalue weighted by molar-refractivity contribution is 9.10. The number of piperidine rings is 1. The number of hydrogen-bond acceptors (Lipinski definition) is 5. The van der Waals surface area contributed by atoms with E-state index in [1.165, 1.54) is 5.56 Å². The average Bonchev–Trinajstić information content (AvgIpc) is 3.18. The van der Waals surface area contributed by atoms with Crippen LogP contribution in [-0.4, -0.2) is 49.4 Å². The summed E-state index contributed by atoms with van der Waals surface area (Å²) in [6.07, 6.45) is 4.76. The van der Waals surface area contributed by atoms with Crippen molar-refractivity contribution in [2.75, 3.05) is 18.8 Å². The molecule has 182 valence electrons. The monoisotopic (exact) mass is 551 g/mol. The molecule has 2 aromatic heterocycles. The van der Waals surface area contributed by atoms with Crippen LogP contribution in [0.5, 0.6) is 0 Å². The standard InChI is InChI=1S/C27H30BrN5OS/c1-19-13-15-32(16-14-19)24(34)8-4-5-17-35-27-29-26-25(30-31-27)22-6-2-3-7-23(22)33(26)18-20-9-11-21(28)12-10-20/h2-3,6-7,9-12,19H,4-5,8,13-18H2,1H3. The molecule has 3 heterocycles. The number of carbonyl (C=O) groups excluding carboxylic acids is 1. The van der Waals surface area contributed by atoms with Crippen molar-refractivity contribution in [1.82, 2.24) is 24.6 Å². The van der Waals surface area contributed by atoms with Crippen molar-refractivity contribution < 1.29 is 4.79 Å². The Balaban J connectivity index is 1.24. The maximum atomic E-state index is 12.5. The molecule has 2 aromatic carbocycles. The molecule has 0 N–H and O–H groups in total. The molecule has 0 radical (unpaired) electrons. The minimum absolute atomic E-state index is 0.304. The van der Waals surface area contributed by atoms with Gasteiger partial charge in [0.15, 0.2) is 5.65 Å². The van der Waals surface area contributed by atoms with Crippen LogP contribution in [0.1, 0.15) is 44.6 Å². The molecule has 1 fully saturated rings. The lowest BCUT2D eigenvalue weighted by Gasteiger charge is -2.30. The molecule has 6 nitrogen and oxygen atoms in total. The molecule has 8 heteroatoms. The number of thioether (sulfide) groups is 1. The predicted molar refractivity (Wildman–Crippen MR) is 146 cm³/mol. The lowest BCUT2D eigenvalue weighted by Crippen LogP contribution is -2.37. The molecule has 0 unspecified atom stereocenters. The van der Waals surface area contributed by atoms with Crippen molar-refractivity contribution in [2.45, 2.75) is 50.7 Å². The highest BCUT2D eigenvalue weighted by Crippen LogP contribution is 2.28. The van der Waals surface area contributed by atoms with Crippen molar-refractivity contribution in [3.05, 3.63) is 58.6 Å². The number of likely N-dealkylation sites (tertiary alicyclic amines) is 1. The number of benzene rings is 2. The van der Waals surface area contributed by atoms with Crippen molar-refractivity contribution in [3.63, 3.8) is 0 Å². The molecule has 1 aliphatic heterocycles. The minimum Gasteiger partial charge on any atom is -0.343 e. The summed E-state index contributed by atoms with van der Waals surface area (Å²) in [6.45, 7) is 4.83. The zero-order valence-electron chi connectivity index (χ0n) is 20.0. The van der Waals surface area contributed by atoms with Gasteiger partial charge < -0.3 is 9.47 Å². The van der Waals surface area contributed by atoms with E-state index in [0.717, 1.165) is 83.5 Å². The molecule has 0 spiro atoms. The smallest absolute Gasteiger partial charge is 0.222 e. The van der Waals surface area contributed by atoms with E-state index in [4.69, 9.17) is 4.98 Å². The summed E-state index contributed by atoms with van der Waals surface area (Å²) in [5.74, 6) is 1.93. The molecule has 4 aromatic rings. The minimum atomic E-state index is 0.304. The summed E-state index contributed by atoms with van der Waals surface area (Å²) in [5.41, 5.74) is 4.01. The lowest BCUT2D eigenvalue weighted by molar-refractivity contribution is -0.132. The quantitative estimate of drug-likeness (QED) is 0.189. The molecule has 1 aliphatic rings. The van der Waals surface area contributed by atoms with E-state index in [0.29, 0.717) is 17.5 Å². The Bertz CT molecular complexity index is 1310. The van der Waals surface area contributed by atoms with Gasteiger partial charge in [-0.2, -0.15) is 0 Å². The van der Waals surface area contributed by atoms with Crippen LogP contribution >= 0.6 is 27.7 Å². The van der Waals surface area contributed by atoms with E-state index in [-0.39, 0.29) is 0 Å². The first-order valence-corrected chi connectivity index (χ1v) is 14.1. The molecule has 0 aliphatic carbocycles. The largest absolute Gasteiger partial charge is 0.343 e. The maximum absolute atomic E-state index is 12.5. The molecule has 5 rings (SSSR count). The van der Waals surface area contributed by atoms with Crippen LogP contribution in [0.25, 0.3) is 22.1 Å². The van der Waals surface area contributed by atoms with Gasteiger partial charge in [0.25, 0.3) is 0 Å². The van der Waals surface area contributed by atoms with Gasteiger partial charge in [-0.3, -0.25) is 4.79 Å². The van der Waals surface area contributed by atoms with Crippen LogP contribution in [-0.2, 0) is 11.3 Å². The third kappa shape index (κ3) is 5.70. The summed E-state index contributed by atoms with van der Waals surface area (Å²) in [7, 11) is 0. The Hall–Kier alpha value is -2.45. The topological polar surface area (TPSA) is 63.9 Å². The predicted octanol–water partition coefficient (Wildman–Crippen LogP) is 6.31. The number of halogens is 1. The van der Waals surface area contributed by atoms with Gasteiger partial charge in [0.1, 0.15) is 5.52 Å². The Morgan fingerprint density at radius 3 is 2.63 bits per heavy atom. The maximum Gasteiger partial charge on any atom is 0.222 e. The van der Waals surface area contributed by atoms with Crippen LogP contribution < -0.4 is 0 Å². The highest BCUT2D eigenvalue weighted by Gasteiger charge is 2.20. The van der Waals surface area contributed by atoms with E-state index in [1.54, 1.807) is 11.8 Å². The van der Waals surface area contributed by atoms with Crippen LogP contribution in [0.3, 0.4) is 0 Å². The Labute approximate surface area is 218 Å². The second kappa shape index (κ2) is 11.1. The summed E-state index contributed by atoms with van der Waals surface area (Å²) < 4.78 is 3.29. The summed E-state index contributed by atoms with van der Waals surface area (Å²) in [4.78, 5) is 19.4. The van der Waals surface area contributed by atoms with E-state index in [9.17, 15) is 4.79 Å². The van der Waals surface area contributed by atoms with E-state index >= 15 is 0 Å². The molecule has 1 saturated heterocycles. The van der Waals surface area contributed by atoms with Crippen molar-refractivity contribution in [1.29, 1.82) is 0 Å². The summed E-state index contributed by atoms with van der Waals surface area (Å²) in [6, 6.07) is 16.7. The normalized spacial score (nSPS) is 14.7. The van der Waals surface area contributed by atoms with Crippen molar-refractivity contribution >= 4 is 55.7 Å². The number of hydrogen-bond donors (Lipinski definition) is 0. The highest BCUT2D eigenvalue weighted by atomic mass is 79.9. The fourth-order valence-electron chi connectivity index (χ4n) is 4.64. The first-order valence-electron chi connectivity index (χ1n) is 12.3. The molecule has 1 amide bonds. The third-order valence-corrected chi connectivity index (χ3v) is 8.21. The average molecular weight is 553 g/mol. The molecular formula is C27H30BrN5OS. The van der Waals surface area contributed by atoms with Crippen LogP contribution in [0.4, 0.5) is 0 Å². The van der Waals surface area contributed by atoms with Crippen molar-refractivity contribution in [2.24, 2.45) is 5.92 Å². The van der Waals surface area contributed by atoms with Gasteiger partial charge >= 0.3 is 0 Å². The first kappa shape index (κ1) is 24.3. The van der Waals surface area contributed by atoms with Gasteiger partial charge in [-0.15, -0.1) is 10.2 Å². The number of para-hydroxylation sites is 1. The molecular weight excluding hydrogens is 522 g/mol. The Kier molecular flexibility index (Phi) is 7.68. The molecule has 0 saturated carbocycles. The SMILES string of the molecule is CC1CCN(C(=O)CCCCSc2nnc3c4ccccc4n(Cc4ccc(Br)cc4)c3n2)CC1. The van der Waals surface area contributed by atoms with Gasteiger partial charge in [0.05, 0.1) is 5.52 Å². The number of amides is 1. The fourth-order valence-corrected chi connectivity index (χ4v) is 5.69. The Morgan fingerprint density at radius 1 is 1.06 bits per heavy atom. The number of nitrogens with zero attached hydrogens (tertiary/aromatic N) is 5. The number of fused-ring (bicyclic) bond motifs is 3. The molecule has 0 bridgehead atoms. The molecule has 35 heavy (non-hydrogen) atoms. The lowest BCUT2D eigenvalue weighted by atomic mass is 9.99.